The van der Waals surface area contributed by atoms with Crippen LogP contribution in [0.3, 0.4) is 0 Å². The predicted molar refractivity (Wildman–Crippen MR) is 95.0 cm³/mol. The summed E-state index contributed by atoms with van der Waals surface area (Å²) in [5.41, 5.74) is 1.34. The van der Waals surface area contributed by atoms with Gasteiger partial charge in [0.1, 0.15) is 0 Å². The minimum atomic E-state index is -0.491. The summed E-state index contributed by atoms with van der Waals surface area (Å²) in [7, 11) is 0. The molecule has 0 bridgehead atoms. The molecule has 1 aromatic heterocycles. The highest BCUT2D eigenvalue weighted by Crippen LogP contribution is 2.09. The zero-order valence-electron chi connectivity index (χ0n) is 14.8. The second kappa shape index (κ2) is 10.6. The van der Waals surface area contributed by atoms with Gasteiger partial charge < -0.3 is 14.8 Å². The molecule has 1 unspecified atom stereocenters. The van der Waals surface area contributed by atoms with Gasteiger partial charge in [0.05, 0.1) is 6.10 Å². The van der Waals surface area contributed by atoms with E-state index < -0.39 is 6.10 Å². The van der Waals surface area contributed by atoms with E-state index >= 15 is 0 Å². The van der Waals surface area contributed by atoms with E-state index in [2.05, 4.69) is 39.8 Å². The molecule has 2 aromatic rings. The number of benzene rings is 1. The average Bonchev–Trinajstić information content (AvgIpc) is 3.10. The average molecular weight is 345 g/mol. The Labute approximate surface area is 148 Å². The summed E-state index contributed by atoms with van der Waals surface area (Å²) < 4.78 is 5.58. The van der Waals surface area contributed by atoms with E-state index in [1.54, 1.807) is 0 Å². The van der Waals surface area contributed by atoms with E-state index in [4.69, 9.17) is 4.42 Å². The Balaban J connectivity index is 1.62. The fourth-order valence-corrected chi connectivity index (χ4v) is 2.43. The Kier molecular flexibility index (Phi) is 8.12. The first-order chi connectivity index (χ1) is 12.2. The number of carbonyl (C=O) groups excluding carboxylic acids is 1. The Hall–Kier alpha value is -2.21. The second-order valence-electron chi connectivity index (χ2n) is 6.15. The molecule has 136 valence electrons. The van der Waals surface area contributed by atoms with Crippen molar-refractivity contribution in [3.63, 3.8) is 0 Å². The minimum absolute atomic E-state index is 0.116. The van der Waals surface area contributed by atoms with Crippen molar-refractivity contribution in [3.05, 3.63) is 47.7 Å². The lowest BCUT2D eigenvalue weighted by Gasteiger charge is -2.08. The molecule has 0 radical (unpaired) electrons. The number of nitrogens with zero attached hydrogens (tertiary/aromatic N) is 2. The number of nitrogens with one attached hydrogen (secondary N) is 1. The molecule has 1 aromatic carbocycles. The van der Waals surface area contributed by atoms with Crippen LogP contribution in [0, 0.1) is 0 Å². The van der Waals surface area contributed by atoms with Gasteiger partial charge in [-0.15, -0.1) is 10.2 Å². The van der Waals surface area contributed by atoms with Crippen molar-refractivity contribution in [1.29, 1.82) is 0 Å². The van der Waals surface area contributed by atoms with E-state index in [-0.39, 0.29) is 18.9 Å². The molecule has 6 nitrogen and oxygen atoms in total. The van der Waals surface area contributed by atoms with Crippen LogP contribution in [0.15, 0.2) is 34.7 Å². The summed E-state index contributed by atoms with van der Waals surface area (Å²) in [5, 5.41) is 20.1. The van der Waals surface area contributed by atoms with Gasteiger partial charge in [-0.25, -0.2) is 0 Å². The molecule has 0 aliphatic rings. The van der Waals surface area contributed by atoms with E-state index in [0.29, 0.717) is 24.6 Å². The van der Waals surface area contributed by atoms with Gasteiger partial charge in [-0.1, -0.05) is 37.3 Å². The smallest absolute Gasteiger partial charge is 0.220 e. The van der Waals surface area contributed by atoms with Crippen LogP contribution in [0.2, 0.25) is 0 Å². The molecule has 25 heavy (non-hydrogen) atoms. The SMILES string of the molecule is CCC(O)CNC(=O)CCc1nnc(CCCCc2ccccc2)o1. The molecule has 2 rings (SSSR count). The minimum Gasteiger partial charge on any atom is -0.425 e. The Morgan fingerprint density at radius 1 is 1.12 bits per heavy atom. The van der Waals surface area contributed by atoms with Crippen LogP contribution >= 0.6 is 0 Å². The molecule has 0 spiro atoms. The summed E-state index contributed by atoms with van der Waals surface area (Å²) >= 11 is 0. The van der Waals surface area contributed by atoms with Crippen molar-refractivity contribution >= 4 is 5.91 Å². The Morgan fingerprint density at radius 2 is 1.80 bits per heavy atom. The number of unbranched alkanes of at least 4 members (excludes halogenated alkanes) is 1. The lowest BCUT2D eigenvalue weighted by Crippen LogP contribution is -2.31. The molecule has 0 aliphatic carbocycles. The number of amides is 1. The second-order valence-corrected chi connectivity index (χ2v) is 6.15. The molecule has 0 aliphatic heterocycles. The Morgan fingerprint density at radius 3 is 2.52 bits per heavy atom. The number of hydrogen-bond donors (Lipinski definition) is 2. The number of rotatable bonds is 11. The van der Waals surface area contributed by atoms with Crippen molar-refractivity contribution in [2.24, 2.45) is 0 Å². The van der Waals surface area contributed by atoms with Gasteiger partial charge in [0.15, 0.2) is 0 Å². The number of aliphatic hydroxyl groups is 1. The molecule has 1 heterocycles. The molecule has 1 amide bonds. The predicted octanol–water partition coefficient (Wildman–Crippen LogP) is 2.45. The van der Waals surface area contributed by atoms with Gasteiger partial charge >= 0.3 is 0 Å². The van der Waals surface area contributed by atoms with Crippen molar-refractivity contribution in [2.75, 3.05) is 6.54 Å². The molecule has 1 atom stereocenters. The number of carbonyl (C=O) groups is 1. The van der Waals surface area contributed by atoms with Gasteiger partial charge in [-0.2, -0.15) is 0 Å². The van der Waals surface area contributed by atoms with Crippen molar-refractivity contribution < 1.29 is 14.3 Å². The van der Waals surface area contributed by atoms with Crippen LogP contribution in [0.5, 0.6) is 0 Å². The van der Waals surface area contributed by atoms with Crippen LogP contribution < -0.4 is 5.32 Å². The van der Waals surface area contributed by atoms with E-state index in [9.17, 15) is 9.90 Å². The lowest BCUT2D eigenvalue weighted by atomic mass is 10.1. The summed E-state index contributed by atoms with van der Waals surface area (Å²) in [6, 6.07) is 10.4. The summed E-state index contributed by atoms with van der Waals surface area (Å²) in [5.74, 6) is 1.00. The molecular formula is C19H27N3O3. The van der Waals surface area contributed by atoms with E-state index in [1.165, 1.54) is 5.56 Å². The normalized spacial score (nSPS) is 12.1. The lowest BCUT2D eigenvalue weighted by molar-refractivity contribution is -0.121. The zero-order valence-corrected chi connectivity index (χ0v) is 14.8. The summed E-state index contributed by atoms with van der Waals surface area (Å²) in [6.45, 7) is 2.16. The van der Waals surface area contributed by atoms with Crippen LogP contribution in [0.4, 0.5) is 0 Å². The Bertz CT molecular complexity index is 628. The van der Waals surface area contributed by atoms with Gasteiger partial charge in [-0.05, 0) is 31.2 Å². The highest BCUT2D eigenvalue weighted by Gasteiger charge is 2.10. The van der Waals surface area contributed by atoms with Crippen LogP contribution in [0.25, 0.3) is 0 Å². The van der Waals surface area contributed by atoms with Crippen molar-refractivity contribution in [3.8, 4) is 0 Å². The molecular weight excluding hydrogens is 318 g/mol. The maximum Gasteiger partial charge on any atom is 0.220 e. The third-order valence-corrected chi connectivity index (χ3v) is 4.03. The topological polar surface area (TPSA) is 88.2 Å². The van der Waals surface area contributed by atoms with Gasteiger partial charge in [0.2, 0.25) is 17.7 Å². The maximum absolute atomic E-state index is 11.7. The third kappa shape index (κ3) is 7.47. The van der Waals surface area contributed by atoms with E-state index in [0.717, 1.165) is 25.7 Å². The van der Waals surface area contributed by atoms with Crippen LogP contribution in [0.1, 0.15) is 50.0 Å². The van der Waals surface area contributed by atoms with Gasteiger partial charge in [-0.3, -0.25) is 4.79 Å². The fraction of sp³-hybridized carbons (Fsp3) is 0.526. The van der Waals surface area contributed by atoms with Crippen molar-refractivity contribution in [1.82, 2.24) is 15.5 Å². The zero-order chi connectivity index (χ0) is 17.9. The van der Waals surface area contributed by atoms with Crippen LogP contribution in [-0.2, 0) is 24.1 Å². The third-order valence-electron chi connectivity index (χ3n) is 4.03. The quantitative estimate of drug-likeness (QED) is 0.611. The monoisotopic (exact) mass is 345 g/mol. The first-order valence-electron chi connectivity index (χ1n) is 8.97. The number of aryl methyl sites for hydroxylation is 3. The molecule has 0 fully saturated rings. The molecule has 6 heteroatoms. The van der Waals surface area contributed by atoms with Gasteiger partial charge in [0, 0.05) is 25.8 Å². The molecule has 2 N–H and O–H groups in total. The first-order valence-corrected chi connectivity index (χ1v) is 8.97. The van der Waals surface area contributed by atoms with Gasteiger partial charge in [0.25, 0.3) is 0 Å². The molecule has 0 saturated carbocycles. The molecule has 0 saturated heterocycles. The summed E-state index contributed by atoms with van der Waals surface area (Å²) in [4.78, 5) is 11.7. The largest absolute Gasteiger partial charge is 0.425 e. The number of hydrogen-bond acceptors (Lipinski definition) is 5. The fourth-order valence-electron chi connectivity index (χ4n) is 2.43. The number of aliphatic hydroxyl groups excluding tert-OH is 1. The highest BCUT2D eigenvalue weighted by molar-refractivity contribution is 5.76. The number of aromatic nitrogens is 2. The summed E-state index contributed by atoms with van der Waals surface area (Å²) in [6.07, 6.45) is 4.71. The van der Waals surface area contributed by atoms with Crippen molar-refractivity contribution in [2.45, 2.75) is 58.0 Å². The van der Waals surface area contributed by atoms with E-state index in [1.807, 2.05) is 13.0 Å². The van der Waals surface area contributed by atoms with Crippen LogP contribution in [-0.4, -0.2) is 33.9 Å². The highest BCUT2D eigenvalue weighted by atomic mass is 16.4. The maximum atomic E-state index is 11.7. The first kappa shape index (κ1) is 19.1. The standard InChI is InChI=1S/C19H27N3O3/c1-2-16(23)14-20-17(24)12-13-19-22-21-18(25-19)11-7-6-10-15-8-4-3-5-9-15/h3-5,8-9,16,23H,2,6-7,10-14H2,1H3,(H,20,24).